The third kappa shape index (κ3) is 3.26. The normalized spacial score (nSPS) is 10.8. The average Bonchev–Trinajstić information content (AvgIpc) is 2.73. The summed E-state index contributed by atoms with van der Waals surface area (Å²) >= 11 is 0. The predicted molar refractivity (Wildman–Crippen MR) is 114 cm³/mol. The van der Waals surface area contributed by atoms with Gasteiger partial charge in [0.25, 0.3) is 0 Å². The van der Waals surface area contributed by atoms with Gasteiger partial charge in [0, 0.05) is 26.3 Å². The molecular weight excluding hydrogens is 519 g/mol. The second kappa shape index (κ2) is 7.67. The van der Waals surface area contributed by atoms with Crippen molar-refractivity contribution in [2.75, 3.05) is 0 Å². The van der Waals surface area contributed by atoms with Crippen LogP contribution < -0.4 is 0 Å². The first kappa shape index (κ1) is 18.6. The molecule has 1 aromatic heterocycles. The van der Waals surface area contributed by atoms with Crippen molar-refractivity contribution in [2.24, 2.45) is 0 Å². The van der Waals surface area contributed by atoms with E-state index >= 15 is 0 Å². The van der Waals surface area contributed by atoms with E-state index in [2.05, 4.69) is 91.9 Å². The Balaban J connectivity index is 0.00000192. The average molecular weight is 537 g/mol. The van der Waals surface area contributed by atoms with Crippen molar-refractivity contribution in [3.63, 3.8) is 0 Å². The first-order valence-corrected chi connectivity index (χ1v) is 9.16. The molecule has 5 aromatic rings. The third-order valence-corrected chi connectivity index (χ3v) is 5.04. The number of hydrogen-bond acceptors (Lipinski definition) is 1. The number of benzene rings is 4. The van der Waals surface area contributed by atoms with Gasteiger partial charge >= 0.3 is 0 Å². The molecule has 0 N–H and O–H groups in total. The Morgan fingerprint density at radius 3 is 2.32 bits per heavy atom. The van der Waals surface area contributed by atoms with Crippen LogP contribution in [0.1, 0.15) is 5.56 Å². The van der Waals surface area contributed by atoms with E-state index in [4.69, 9.17) is 4.98 Å². The summed E-state index contributed by atoms with van der Waals surface area (Å²) in [5, 5.41) is 4.90. The number of nitrogens with zero attached hydrogens (tertiary/aromatic N) is 1. The van der Waals surface area contributed by atoms with Gasteiger partial charge in [0.15, 0.2) is 0 Å². The van der Waals surface area contributed by atoms with Crippen molar-refractivity contribution < 1.29 is 20.1 Å². The summed E-state index contributed by atoms with van der Waals surface area (Å²) in [5.74, 6) is 0. The fourth-order valence-electron chi connectivity index (χ4n) is 3.79. The number of pyridine rings is 1. The molecule has 0 atom stereocenters. The van der Waals surface area contributed by atoms with E-state index in [1.807, 2.05) is 12.3 Å². The smallest absolute Gasteiger partial charge is 0.0167 e. The van der Waals surface area contributed by atoms with Crippen LogP contribution in [-0.2, 0) is 20.1 Å². The van der Waals surface area contributed by atoms with Gasteiger partial charge in [0.1, 0.15) is 0 Å². The SMILES string of the molecule is Cc1[c-]c(-c2nccc3c2ccc2ccccc23)cc(-c2ccccc2)c1.[Ir]. The molecule has 0 amide bonds. The van der Waals surface area contributed by atoms with Crippen LogP contribution in [0.15, 0.2) is 91.1 Å². The Morgan fingerprint density at radius 2 is 1.46 bits per heavy atom. The van der Waals surface area contributed by atoms with Crippen LogP contribution in [0.4, 0.5) is 0 Å². The summed E-state index contributed by atoms with van der Waals surface area (Å²) in [5.41, 5.74) is 5.54. The number of aryl methyl sites for hydroxylation is 1. The van der Waals surface area contributed by atoms with Gasteiger partial charge < -0.3 is 4.98 Å². The molecule has 1 nitrogen and oxygen atoms in total. The van der Waals surface area contributed by atoms with Crippen LogP contribution in [-0.4, -0.2) is 4.98 Å². The molecule has 0 fully saturated rings. The van der Waals surface area contributed by atoms with Crippen molar-refractivity contribution in [1.29, 1.82) is 0 Å². The van der Waals surface area contributed by atoms with E-state index in [0.29, 0.717) is 0 Å². The van der Waals surface area contributed by atoms with Gasteiger partial charge in [0.2, 0.25) is 0 Å². The molecule has 4 aromatic carbocycles. The van der Waals surface area contributed by atoms with E-state index in [0.717, 1.165) is 22.2 Å². The summed E-state index contributed by atoms with van der Waals surface area (Å²) in [4.78, 5) is 4.73. The Bertz CT molecular complexity index is 1280. The molecule has 0 saturated carbocycles. The Kier molecular flexibility index (Phi) is 5.09. The molecule has 0 saturated heterocycles. The van der Waals surface area contributed by atoms with Gasteiger partial charge in [-0.1, -0.05) is 73.7 Å². The number of aromatic nitrogens is 1. The van der Waals surface area contributed by atoms with Gasteiger partial charge in [-0.25, -0.2) is 0 Å². The molecule has 1 radical (unpaired) electrons. The van der Waals surface area contributed by atoms with E-state index in [-0.39, 0.29) is 20.1 Å². The maximum atomic E-state index is 4.73. The van der Waals surface area contributed by atoms with Crippen molar-refractivity contribution in [2.45, 2.75) is 6.92 Å². The molecule has 0 aliphatic heterocycles. The van der Waals surface area contributed by atoms with Crippen molar-refractivity contribution in [3.8, 4) is 22.4 Å². The van der Waals surface area contributed by atoms with Gasteiger partial charge in [-0.15, -0.1) is 34.9 Å². The van der Waals surface area contributed by atoms with E-state index < -0.39 is 0 Å². The summed E-state index contributed by atoms with van der Waals surface area (Å²) in [7, 11) is 0. The van der Waals surface area contributed by atoms with Gasteiger partial charge in [-0.05, 0) is 38.9 Å². The van der Waals surface area contributed by atoms with E-state index in [1.165, 1.54) is 27.3 Å². The van der Waals surface area contributed by atoms with Crippen LogP contribution in [0.5, 0.6) is 0 Å². The summed E-state index contributed by atoms with van der Waals surface area (Å²) < 4.78 is 0. The van der Waals surface area contributed by atoms with Crippen LogP contribution in [0.25, 0.3) is 43.9 Å². The van der Waals surface area contributed by atoms with Crippen LogP contribution in [0.2, 0.25) is 0 Å². The van der Waals surface area contributed by atoms with Crippen LogP contribution in [0.3, 0.4) is 0 Å². The molecule has 5 rings (SSSR count). The van der Waals surface area contributed by atoms with Gasteiger partial charge in [0.05, 0.1) is 0 Å². The fourth-order valence-corrected chi connectivity index (χ4v) is 3.79. The summed E-state index contributed by atoms with van der Waals surface area (Å²) in [6.45, 7) is 2.09. The zero-order valence-electron chi connectivity index (χ0n) is 15.4. The molecule has 0 unspecified atom stereocenters. The van der Waals surface area contributed by atoms with Crippen molar-refractivity contribution in [1.82, 2.24) is 4.98 Å². The Labute approximate surface area is 178 Å². The van der Waals surface area contributed by atoms with Gasteiger partial charge in [-0.3, -0.25) is 0 Å². The molecule has 0 aliphatic rings. The van der Waals surface area contributed by atoms with E-state index in [9.17, 15) is 0 Å². The maximum Gasteiger partial charge on any atom is 0.0167 e. The molecule has 0 aliphatic carbocycles. The Hall–Kier alpha value is -2.80. The minimum atomic E-state index is 0. The number of rotatable bonds is 2. The second-order valence-electron chi connectivity index (χ2n) is 6.87. The third-order valence-electron chi connectivity index (χ3n) is 5.04. The molecule has 0 bridgehead atoms. The molecule has 1 heterocycles. The first-order chi connectivity index (χ1) is 13.3. The van der Waals surface area contributed by atoms with Crippen molar-refractivity contribution in [3.05, 3.63) is 103 Å². The molecule has 28 heavy (non-hydrogen) atoms. The maximum absolute atomic E-state index is 4.73. The quantitative estimate of drug-likeness (QED) is 0.178. The standard InChI is InChI=1S/C26H18N.Ir/c1-18-15-21(19-7-3-2-4-8-19)17-22(16-18)26-25-12-11-20-9-5-6-10-23(20)24(25)13-14-27-26;/h2-15,17H,1H3;/q-1;. The summed E-state index contributed by atoms with van der Waals surface area (Å²) in [6.07, 6.45) is 1.91. The predicted octanol–water partition coefficient (Wildman–Crippen LogP) is 6.83. The fraction of sp³-hybridized carbons (Fsp3) is 0.0385. The zero-order valence-corrected chi connectivity index (χ0v) is 17.8. The van der Waals surface area contributed by atoms with E-state index in [1.54, 1.807) is 0 Å². The topological polar surface area (TPSA) is 12.9 Å². The molecular formula is C26H18IrN-. The van der Waals surface area contributed by atoms with Gasteiger partial charge in [-0.2, -0.15) is 0 Å². The largest absolute Gasteiger partial charge is 0.304 e. The zero-order chi connectivity index (χ0) is 18.2. The molecule has 0 spiro atoms. The van der Waals surface area contributed by atoms with Crippen LogP contribution in [0, 0.1) is 13.0 Å². The monoisotopic (exact) mass is 537 g/mol. The Morgan fingerprint density at radius 1 is 0.679 bits per heavy atom. The minimum Gasteiger partial charge on any atom is -0.304 e. The first-order valence-electron chi connectivity index (χ1n) is 9.16. The molecule has 137 valence electrons. The molecule has 2 heteroatoms. The van der Waals surface area contributed by atoms with Crippen LogP contribution >= 0.6 is 0 Å². The number of hydrogen-bond donors (Lipinski definition) is 0. The number of fused-ring (bicyclic) bond motifs is 3. The second-order valence-corrected chi connectivity index (χ2v) is 6.87. The minimum absolute atomic E-state index is 0. The summed E-state index contributed by atoms with van der Waals surface area (Å²) in [6, 6.07) is 33.3. The van der Waals surface area contributed by atoms with Crippen molar-refractivity contribution >= 4 is 21.5 Å².